The Labute approximate surface area is 180 Å². The first kappa shape index (κ1) is 23.2. The molecule has 0 bridgehead atoms. The number of nitrogens with one attached hydrogen (secondary N) is 3. The molecule has 0 saturated carbocycles. The minimum absolute atomic E-state index is 0.316. The van der Waals surface area contributed by atoms with Gasteiger partial charge in [0.25, 0.3) is 0 Å². The maximum atomic E-state index is 12.2. The van der Waals surface area contributed by atoms with Crippen molar-refractivity contribution in [2.45, 2.75) is 39.7 Å². The summed E-state index contributed by atoms with van der Waals surface area (Å²) < 4.78 is 10.9. The van der Waals surface area contributed by atoms with E-state index in [0.717, 1.165) is 5.69 Å². The molecular weight excluding hydrogens is 410 g/mol. The first-order valence-electron chi connectivity index (χ1n) is 9.38. The van der Waals surface area contributed by atoms with E-state index >= 15 is 0 Å². The zero-order valence-corrected chi connectivity index (χ0v) is 18.2. The number of amides is 3. The van der Waals surface area contributed by atoms with Gasteiger partial charge >= 0.3 is 12.1 Å². The average Bonchev–Trinajstić information content (AvgIpc) is 2.63. The fourth-order valence-corrected chi connectivity index (χ4v) is 2.38. The van der Waals surface area contributed by atoms with Gasteiger partial charge in [-0.15, -0.1) is 0 Å². The summed E-state index contributed by atoms with van der Waals surface area (Å²) in [6, 6.07) is 4.39. The van der Waals surface area contributed by atoms with Crippen LogP contribution in [0.15, 0.2) is 30.6 Å². The molecule has 0 atom stereocenters. The SMILES string of the molecule is Cc1cnc(NC(=O)Nc2cc(Cl)ccc2OCCCNC(=O)OC(C)(C)C)cn1. The largest absolute Gasteiger partial charge is 0.491 e. The summed E-state index contributed by atoms with van der Waals surface area (Å²) in [4.78, 5) is 32.0. The smallest absolute Gasteiger partial charge is 0.407 e. The average molecular weight is 436 g/mol. The molecule has 0 aliphatic carbocycles. The number of alkyl carbamates (subject to hydrolysis) is 1. The minimum atomic E-state index is -0.546. The molecule has 3 N–H and O–H groups in total. The number of nitrogens with zero attached hydrogens (tertiary/aromatic N) is 2. The van der Waals surface area contributed by atoms with Crippen LogP contribution in [0.1, 0.15) is 32.9 Å². The normalized spacial score (nSPS) is 10.8. The number of ether oxygens (including phenoxy) is 2. The monoisotopic (exact) mass is 435 g/mol. The molecule has 162 valence electrons. The van der Waals surface area contributed by atoms with Gasteiger partial charge in [0.05, 0.1) is 30.4 Å². The molecule has 0 radical (unpaired) electrons. The Morgan fingerprint density at radius 2 is 1.90 bits per heavy atom. The minimum Gasteiger partial charge on any atom is -0.491 e. The first-order chi connectivity index (χ1) is 14.1. The van der Waals surface area contributed by atoms with E-state index in [1.165, 1.54) is 6.20 Å². The predicted molar refractivity (Wildman–Crippen MR) is 115 cm³/mol. The quantitative estimate of drug-likeness (QED) is 0.556. The Hall–Kier alpha value is -3.07. The molecule has 3 amide bonds. The number of hydrogen-bond acceptors (Lipinski definition) is 6. The summed E-state index contributed by atoms with van der Waals surface area (Å²) in [5.74, 6) is 0.762. The lowest BCUT2D eigenvalue weighted by Crippen LogP contribution is -2.33. The molecule has 0 spiro atoms. The van der Waals surface area contributed by atoms with E-state index in [-0.39, 0.29) is 0 Å². The maximum Gasteiger partial charge on any atom is 0.407 e. The molecular formula is C20H26ClN5O4. The number of halogens is 1. The highest BCUT2D eigenvalue weighted by Gasteiger charge is 2.15. The summed E-state index contributed by atoms with van der Waals surface area (Å²) >= 11 is 6.04. The van der Waals surface area contributed by atoms with Crippen molar-refractivity contribution < 1.29 is 19.1 Å². The molecule has 2 aromatic rings. The molecule has 1 aromatic heterocycles. The fourth-order valence-electron chi connectivity index (χ4n) is 2.21. The van der Waals surface area contributed by atoms with Crippen molar-refractivity contribution in [3.63, 3.8) is 0 Å². The fraction of sp³-hybridized carbons (Fsp3) is 0.400. The molecule has 30 heavy (non-hydrogen) atoms. The van der Waals surface area contributed by atoms with Crippen molar-refractivity contribution in [3.8, 4) is 5.75 Å². The summed E-state index contributed by atoms with van der Waals surface area (Å²) in [5, 5.41) is 8.37. The van der Waals surface area contributed by atoms with Crippen molar-refractivity contribution in [1.29, 1.82) is 0 Å². The van der Waals surface area contributed by atoms with E-state index in [1.54, 1.807) is 52.1 Å². The van der Waals surface area contributed by atoms with Crippen LogP contribution in [-0.4, -0.2) is 40.8 Å². The van der Waals surface area contributed by atoms with Gasteiger partial charge in [0.15, 0.2) is 5.82 Å². The number of carbonyl (C=O) groups is 2. The van der Waals surface area contributed by atoms with Crippen molar-refractivity contribution in [3.05, 3.63) is 41.3 Å². The molecule has 0 saturated heterocycles. The number of rotatable bonds is 7. The van der Waals surface area contributed by atoms with Gasteiger partial charge in [-0.3, -0.25) is 10.3 Å². The van der Waals surface area contributed by atoms with Crippen LogP contribution in [0.25, 0.3) is 0 Å². The number of carbonyl (C=O) groups excluding carboxylic acids is 2. The lowest BCUT2D eigenvalue weighted by Gasteiger charge is -2.19. The first-order valence-corrected chi connectivity index (χ1v) is 9.76. The third-order valence-electron chi connectivity index (χ3n) is 3.46. The van der Waals surface area contributed by atoms with Crippen molar-refractivity contribution >= 4 is 35.2 Å². The van der Waals surface area contributed by atoms with E-state index in [9.17, 15) is 9.59 Å². The van der Waals surface area contributed by atoms with Gasteiger partial charge < -0.3 is 20.1 Å². The Bertz CT molecular complexity index is 868. The van der Waals surface area contributed by atoms with Gasteiger partial charge in [-0.1, -0.05) is 11.6 Å². The van der Waals surface area contributed by atoms with Crippen molar-refractivity contribution in [2.24, 2.45) is 0 Å². The van der Waals surface area contributed by atoms with Crippen LogP contribution in [0, 0.1) is 6.92 Å². The number of aromatic nitrogens is 2. The van der Waals surface area contributed by atoms with Crippen LogP contribution in [0.2, 0.25) is 5.02 Å². The molecule has 2 rings (SSSR count). The van der Waals surface area contributed by atoms with Crippen LogP contribution in [0.4, 0.5) is 21.1 Å². The van der Waals surface area contributed by atoms with E-state index in [1.807, 2.05) is 0 Å². The Morgan fingerprint density at radius 3 is 2.57 bits per heavy atom. The predicted octanol–water partition coefficient (Wildman–Crippen LogP) is 4.38. The number of hydrogen-bond donors (Lipinski definition) is 3. The molecule has 0 unspecified atom stereocenters. The highest BCUT2D eigenvalue weighted by atomic mass is 35.5. The molecule has 1 aromatic carbocycles. The summed E-state index contributed by atoms with van der Waals surface area (Å²) in [6.45, 7) is 7.90. The second-order valence-electron chi connectivity index (χ2n) is 7.39. The number of anilines is 2. The highest BCUT2D eigenvalue weighted by molar-refractivity contribution is 6.31. The van der Waals surface area contributed by atoms with Gasteiger partial charge in [0, 0.05) is 11.6 Å². The number of urea groups is 1. The topological polar surface area (TPSA) is 114 Å². The number of benzene rings is 1. The molecule has 10 heteroatoms. The van der Waals surface area contributed by atoms with Gasteiger partial charge in [0.2, 0.25) is 0 Å². The molecule has 1 heterocycles. The molecule has 0 fully saturated rings. The molecule has 9 nitrogen and oxygen atoms in total. The van der Waals surface area contributed by atoms with E-state index in [4.69, 9.17) is 21.1 Å². The third kappa shape index (κ3) is 8.52. The van der Waals surface area contributed by atoms with Gasteiger partial charge in [-0.2, -0.15) is 0 Å². The lowest BCUT2D eigenvalue weighted by atomic mass is 10.2. The van der Waals surface area contributed by atoms with Gasteiger partial charge in [0.1, 0.15) is 11.4 Å². The number of aryl methyl sites for hydroxylation is 1. The summed E-state index contributed by atoms with van der Waals surface area (Å²) in [7, 11) is 0. The van der Waals surface area contributed by atoms with Crippen LogP contribution in [0.5, 0.6) is 5.75 Å². The second-order valence-corrected chi connectivity index (χ2v) is 7.83. The zero-order valence-electron chi connectivity index (χ0n) is 17.4. The lowest BCUT2D eigenvalue weighted by molar-refractivity contribution is 0.0525. The van der Waals surface area contributed by atoms with E-state index in [2.05, 4.69) is 25.9 Å². The molecule has 0 aliphatic heterocycles. The van der Waals surface area contributed by atoms with Crippen LogP contribution in [0.3, 0.4) is 0 Å². The Balaban J connectivity index is 1.85. The standard InChI is InChI=1S/C20H26ClN5O4/c1-13-11-24-17(12-23-13)26-18(27)25-15-10-14(21)6-7-16(15)29-9-5-8-22-19(28)30-20(2,3)4/h6-7,10-12H,5,8-9H2,1-4H3,(H,22,28)(H2,24,25,26,27). The van der Waals surface area contributed by atoms with Gasteiger partial charge in [-0.25, -0.2) is 14.6 Å². The van der Waals surface area contributed by atoms with E-state index in [0.29, 0.717) is 41.8 Å². The van der Waals surface area contributed by atoms with Crippen molar-refractivity contribution in [2.75, 3.05) is 23.8 Å². The second kappa shape index (κ2) is 10.6. The highest BCUT2D eigenvalue weighted by Crippen LogP contribution is 2.28. The van der Waals surface area contributed by atoms with Crippen LogP contribution < -0.4 is 20.7 Å². The maximum absolute atomic E-state index is 12.2. The van der Waals surface area contributed by atoms with Gasteiger partial charge in [-0.05, 0) is 52.3 Å². The van der Waals surface area contributed by atoms with Crippen molar-refractivity contribution in [1.82, 2.24) is 15.3 Å². The van der Waals surface area contributed by atoms with Crippen LogP contribution in [-0.2, 0) is 4.74 Å². The molecule has 0 aliphatic rings. The summed E-state index contributed by atoms with van der Waals surface area (Å²) in [5.41, 5.74) is 0.600. The third-order valence-corrected chi connectivity index (χ3v) is 3.69. The van der Waals surface area contributed by atoms with E-state index < -0.39 is 17.7 Å². The van der Waals surface area contributed by atoms with Crippen LogP contribution >= 0.6 is 11.6 Å². The summed E-state index contributed by atoms with van der Waals surface area (Å²) in [6.07, 6.45) is 3.08. The Morgan fingerprint density at radius 1 is 1.13 bits per heavy atom. The Kier molecular flexibility index (Phi) is 8.23. The zero-order chi connectivity index (χ0) is 22.1.